The fourth-order valence-corrected chi connectivity index (χ4v) is 7.41. The minimum Gasteiger partial charge on any atom is -0.508 e. The molecule has 0 amide bonds. The number of halogens is 6. The van der Waals surface area contributed by atoms with Crippen LogP contribution < -0.4 is 0 Å². The summed E-state index contributed by atoms with van der Waals surface area (Å²) in [7, 11) is 0. The number of rotatable bonds is 3. The van der Waals surface area contributed by atoms with Crippen molar-refractivity contribution < 1.29 is 31.4 Å². The molecule has 0 unspecified atom stereocenters. The van der Waals surface area contributed by atoms with Gasteiger partial charge in [0.25, 0.3) is 0 Å². The summed E-state index contributed by atoms with van der Waals surface area (Å²) in [6.07, 6.45) is 0. The lowest BCUT2D eigenvalue weighted by atomic mass is 9.91. The number of benzene rings is 3. The SMILES string of the molecule is Cc1sc2ccccc2c1C1=C(c2c(C)sc3cc(-c4ccc(O)cc4)ccc23)C(F)(F)C(F)(F)C1(F)F. The average Bonchev–Trinajstić information content (AvgIpc) is 3.39. The van der Waals surface area contributed by atoms with Gasteiger partial charge >= 0.3 is 17.8 Å². The van der Waals surface area contributed by atoms with E-state index in [1.54, 1.807) is 42.5 Å². The highest BCUT2D eigenvalue weighted by atomic mass is 32.1. The predicted octanol–water partition coefficient (Wildman–Crippen LogP) is 9.94. The van der Waals surface area contributed by atoms with Crippen molar-refractivity contribution in [3.05, 3.63) is 87.6 Å². The zero-order valence-corrected chi connectivity index (χ0v) is 21.5. The Morgan fingerprint density at radius 2 is 1.11 bits per heavy atom. The van der Waals surface area contributed by atoms with Crippen molar-refractivity contribution in [1.29, 1.82) is 0 Å². The van der Waals surface area contributed by atoms with Crippen molar-refractivity contribution in [1.82, 2.24) is 0 Å². The van der Waals surface area contributed by atoms with Gasteiger partial charge in [0.05, 0.1) is 0 Å². The van der Waals surface area contributed by atoms with E-state index in [1.165, 1.54) is 38.1 Å². The first-order valence-electron chi connectivity index (χ1n) is 11.6. The third kappa shape index (κ3) is 3.24. The second-order valence-electron chi connectivity index (χ2n) is 9.29. The number of aromatic hydroxyl groups is 1. The Bertz CT molecular complexity index is 1780. The van der Waals surface area contributed by atoms with Crippen molar-refractivity contribution in [2.75, 3.05) is 0 Å². The highest BCUT2D eigenvalue weighted by Gasteiger charge is 2.80. The van der Waals surface area contributed by atoms with Gasteiger partial charge in [0.1, 0.15) is 5.75 Å². The molecule has 1 N–H and O–H groups in total. The summed E-state index contributed by atoms with van der Waals surface area (Å²) in [4.78, 5) is 0.499. The Hall–Kier alpha value is -3.30. The normalized spacial score (nSPS) is 18.1. The van der Waals surface area contributed by atoms with Crippen molar-refractivity contribution in [3.63, 3.8) is 0 Å². The van der Waals surface area contributed by atoms with Gasteiger partial charge in [-0.15, -0.1) is 22.7 Å². The Labute approximate surface area is 221 Å². The molecule has 2 heterocycles. The number of alkyl halides is 6. The molecular weight excluding hydrogens is 542 g/mol. The van der Waals surface area contributed by atoms with Crippen LogP contribution in [0.25, 0.3) is 42.4 Å². The molecule has 0 aliphatic heterocycles. The van der Waals surface area contributed by atoms with Crippen LogP contribution in [0.15, 0.2) is 66.7 Å². The molecule has 2 aromatic heterocycles. The van der Waals surface area contributed by atoms with Gasteiger partial charge in [0.15, 0.2) is 0 Å². The van der Waals surface area contributed by atoms with Crippen molar-refractivity contribution >= 4 is 54.0 Å². The van der Waals surface area contributed by atoms with Crippen LogP contribution in [0.2, 0.25) is 0 Å². The molecule has 5 aromatic rings. The van der Waals surface area contributed by atoms with Gasteiger partial charge in [0.2, 0.25) is 0 Å². The lowest BCUT2D eigenvalue weighted by Gasteiger charge is -2.26. The first kappa shape index (κ1) is 25.0. The first-order chi connectivity index (χ1) is 17.9. The zero-order valence-electron chi connectivity index (χ0n) is 19.9. The molecule has 0 spiro atoms. The van der Waals surface area contributed by atoms with Gasteiger partial charge in [-0.1, -0.05) is 42.5 Å². The van der Waals surface area contributed by atoms with Crippen LogP contribution in [0.4, 0.5) is 26.3 Å². The summed E-state index contributed by atoms with van der Waals surface area (Å²) in [5, 5.41) is 10.0. The average molecular weight is 561 g/mol. The molecule has 1 aliphatic rings. The van der Waals surface area contributed by atoms with Crippen molar-refractivity contribution in [2.45, 2.75) is 31.6 Å². The van der Waals surface area contributed by atoms with E-state index in [1.807, 2.05) is 0 Å². The maximum atomic E-state index is 15.6. The zero-order chi connectivity index (χ0) is 27.2. The van der Waals surface area contributed by atoms with E-state index in [0.717, 1.165) is 28.2 Å². The Morgan fingerprint density at radius 1 is 0.605 bits per heavy atom. The first-order valence-corrected chi connectivity index (χ1v) is 13.2. The smallest absolute Gasteiger partial charge is 0.380 e. The van der Waals surface area contributed by atoms with Gasteiger partial charge in [-0.2, -0.15) is 26.3 Å². The van der Waals surface area contributed by atoms with Crippen LogP contribution >= 0.6 is 22.7 Å². The predicted molar refractivity (Wildman–Crippen MR) is 142 cm³/mol. The van der Waals surface area contributed by atoms with Crippen LogP contribution in [-0.2, 0) is 0 Å². The molecular formula is C29H18F6OS2. The Morgan fingerprint density at radius 3 is 1.71 bits per heavy atom. The van der Waals surface area contributed by atoms with Crippen LogP contribution in [0.5, 0.6) is 5.75 Å². The third-order valence-electron chi connectivity index (χ3n) is 7.00. The lowest BCUT2D eigenvalue weighted by molar-refractivity contribution is -0.254. The molecule has 1 nitrogen and oxygen atoms in total. The van der Waals surface area contributed by atoms with Crippen LogP contribution in [0.1, 0.15) is 20.9 Å². The molecule has 9 heteroatoms. The molecule has 0 atom stereocenters. The molecule has 0 saturated carbocycles. The largest absolute Gasteiger partial charge is 0.508 e. The molecule has 0 fully saturated rings. The van der Waals surface area contributed by atoms with Crippen molar-refractivity contribution in [3.8, 4) is 16.9 Å². The van der Waals surface area contributed by atoms with Gasteiger partial charge < -0.3 is 5.11 Å². The highest BCUT2D eigenvalue weighted by molar-refractivity contribution is 7.19. The number of hydrogen-bond donors (Lipinski definition) is 1. The molecule has 194 valence electrons. The molecule has 6 rings (SSSR count). The minimum absolute atomic E-state index is 0.0742. The number of aryl methyl sites for hydroxylation is 2. The molecule has 0 saturated heterocycles. The summed E-state index contributed by atoms with van der Waals surface area (Å²) in [5.41, 5.74) is -1.74. The molecule has 3 aromatic carbocycles. The van der Waals surface area contributed by atoms with E-state index in [9.17, 15) is 5.11 Å². The summed E-state index contributed by atoms with van der Waals surface area (Å²) >= 11 is 2.18. The summed E-state index contributed by atoms with van der Waals surface area (Å²) in [6.45, 7) is 2.96. The number of phenols is 1. The number of thiophene rings is 2. The van der Waals surface area contributed by atoms with Crippen molar-refractivity contribution in [2.24, 2.45) is 0 Å². The second kappa shape index (κ2) is 8.10. The van der Waals surface area contributed by atoms with Crippen LogP contribution in [0, 0.1) is 13.8 Å². The van der Waals surface area contributed by atoms with E-state index in [4.69, 9.17) is 0 Å². The maximum Gasteiger partial charge on any atom is 0.380 e. The second-order valence-corrected chi connectivity index (χ2v) is 11.8. The molecule has 38 heavy (non-hydrogen) atoms. The van der Waals surface area contributed by atoms with E-state index in [-0.39, 0.29) is 37.4 Å². The summed E-state index contributed by atoms with van der Waals surface area (Å²) < 4.78 is 93.4. The highest BCUT2D eigenvalue weighted by Crippen LogP contribution is 2.67. The van der Waals surface area contributed by atoms with Gasteiger partial charge in [-0.05, 0) is 49.2 Å². The topological polar surface area (TPSA) is 20.2 Å². The molecule has 0 radical (unpaired) electrons. The van der Waals surface area contributed by atoms with E-state index in [0.29, 0.717) is 15.0 Å². The lowest BCUT2D eigenvalue weighted by Crippen LogP contribution is -2.48. The van der Waals surface area contributed by atoms with Gasteiger partial charge in [-0.3, -0.25) is 0 Å². The standard InChI is InChI=1S/C29H18F6OS2/c1-14-23(19-5-3-4-6-21(19)37-14)25-26(28(32,33)29(34,35)27(25,30)31)24-15(2)38-22-13-17(9-12-20(22)24)16-7-10-18(36)11-8-16/h3-13,36H,1-2H3. The van der Waals surface area contributed by atoms with Crippen LogP contribution in [0.3, 0.4) is 0 Å². The van der Waals surface area contributed by atoms with E-state index < -0.39 is 28.9 Å². The Balaban J connectivity index is 1.68. The minimum atomic E-state index is -5.62. The third-order valence-corrected chi connectivity index (χ3v) is 9.16. The molecule has 0 bridgehead atoms. The van der Waals surface area contributed by atoms with Crippen LogP contribution in [-0.4, -0.2) is 22.9 Å². The van der Waals surface area contributed by atoms with Gasteiger partial charge in [-0.25, -0.2) is 0 Å². The monoisotopic (exact) mass is 560 g/mol. The van der Waals surface area contributed by atoms with E-state index in [2.05, 4.69) is 0 Å². The summed E-state index contributed by atoms with van der Waals surface area (Å²) in [5.74, 6) is -15.8. The van der Waals surface area contributed by atoms with Gasteiger partial charge in [0, 0.05) is 52.2 Å². The number of fused-ring (bicyclic) bond motifs is 2. The van der Waals surface area contributed by atoms with E-state index >= 15 is 26.3 Å². The fourth-order valence-electron chi connectivity index (χ4n) is 5.23. The summed E-state index contributed by atoms with van der Waals surface area (Å²) in [6, 6.07) is 17.6. The maximum absolute atomic E-state index is 15.6. The number of phenolic OH excluding ortho intramolecular Hbond substituents is 1. The quantitative estimate of drug-likeness (QED) is 0.218. The number of hydrogen-bond acceptors (Lipinski definition) is 3. The Kier molecular flexibility index (Phi) is 5.33. The fraction of sp³-hybridized carbons (Fsp3) is 0.172. The number of allylic oxidation sites excluding steroid dienone is 2. The molecule has 1 aliphatic carbocycles.